The molecule has 0 aliphatic heterocycles. The van der Waals surface area contributed by atoms with E-state index in [1.807, 2.05) is 20.8 Å². The Bertz CT molecular complexity index is 428. The zero-order chi connectivity index (χ0) is 14.6. The number of amides is 1. The standard InChI is InChI=1S/C14H25N3OS/c1-8(2)6-12(7-15)14(18)17-10(4)13-9(3)16-11(5)19-13/h8,10,12H,6-7,15H2,1-5H3,(H,17,18). The molecule has 0 aromatic carbocycles. The molecule has 3 N–H and O–H groups in total. The molecule has 19 heavy (non-hydrogen) atoms. The van der Waals surface area contributed by atoms with Crippen molar-refractivity contribution in [3.63, 3.8) is 0 Å². The van der Waals surface area contributed by atoms with Crippen LogP contribution in [0.5, 0.6) is 0 Å². The van der Waals surface area contributed by atoms with Crippen LogP contribution in [0, 0.1) is 25.7 Å². The highest BCUT2D eigenvalue weighted by Crippen LogP contribution is 2.25. The summed E-state index contributed by atoms with van der Waals surface area (Å²) >= 11 is 1.64. The first-order valence-corrected chi connectivity index (χ1v) is 7.61. The Kier molecular flexibility index (Phi) is 5.94. The number of aromatic nitrogens is 1. The summed E-state index contributed by atoms with van der Waals surface area (Å²) in [5.74, 6) is 0.424. The van der Waals surface area contributed by atoms with Crippen LogP contribution in [0.15, 0.2) is 0 Å². The number of rotatable bonds is 6. The number of thiazole rings is 1. The van der Waals surface area contributed by atoms with Gasteiger partial charge in [0.15, 0.2) is 0 Å². The maximum atomic E-state index is 12.2. The van der Waals surface area contributed by atoms with Gasteiger partial charge in [-0.25, -0.2) is 4.98 Å². The van der Waals surface area contributed by atoms with Crippen LogP contribution in [0.2, 0.25) is 0 Å². The summed E-state index contributed by atoms with van der Waals surface area (Å²) in [4.78, 5) is 17.7. The van der Waals surface area contributed by atoms with E-state index in [9.17, 15) is 4.79 Å². The van der Waals surface area contributed by atoms with E-state index >= 15 is 0 Å². The highest BCUT2D eigenvalue weighted by molar-refractivity contribution is 7.11. The number of hydrogen-bond donors (Lipinski definition) is 2. The molecule has 1 amide bonds. The molecule has 5 heteroatoms. The van der Waals surface area contributed by atoms with Gasteiger partial charge in [-0.3, -0.25) is 4.79 Å². The van der Waals surface area contributed by atoms with Gasteiger partial charge in [-0.05, 0) is 33.1 Å². The van der Waals surface area contributed by atoms with Crippen LogP contribution in [-0.2, 0) is 4.79 Å². The molecule has 0 radical (unpaired) electrons. The zero-order valence-electron chi connectivity index (χ0n) is 12.5. The van der Waals surface area contributed by atoms with Crippen LogP contribution in [0.1, 0.15) is 48.8 Å². The predicted octanol–water partition coefficient (Wildman–Crippen LogP) is 2.56. The summed E-state index contributed by atoms with van der Waals surface area (Å²) in [6.07, 6.45) is 0.829. The maximum Gasteiger partial charge on any atom is 0.224 e. The molecule has 0 bridgehead atoms. The molecule has 0 aliphatic rings. The van der Waals surface area contributed by atoms with E-state index in [1.165, 1.54) is 0 Å². The van der Waals surface area contributed by atoms with Crippen LogP contribution in [0.3, 0.4) is 0 Å². The third kappa shape index (κ3) is 4.58. The fraction of sp³-hybridized carbons (Fsp3) is 0.714. The Hall–Kier alpha value is -0.940. The van der Waals surface area contributed by atoms with Gasteiger partial charge in [0.2, 0.25) is 5.91 Å². The summed E-state index contributed by atoms with van der Waals surface area (Å²) < 4.78 is 0. The molecule has 4 nitrogen and oxygen atoms in total. The van der Waals surface area contributed by atoms with Gasteiger partial charge in [-0.2, -0.15) is 0 Å². The number of nitrogens with two attached hydrogens (primary N) is 1. The quantitative estimate of drug-likeness (QED) is 0.843. The van der Waals surface area contributed by atoms with Crippen molar-refractivity contribution in [3.05, 3.63) is 15.6 Å². The molecule has 0 saturated heterocycles. The van der Waals surface area contributed by atoms with Gasteiger partial charge in [-0.15, -0.1) is 11.3 Å². The molecule has 1 heterocycles. The van der Waals surface area contributed by atoms with Gasteiger partial charge in [0.25, 0.3) is 0 Å². The normalized spacial score (nSPS) is 14.5. The number of hydrogen-bond acceptors (Lipinski definition) is 4. The summed E-state index contributed by atoms with van der Waals surface area (Å²) in [5, 5.41) is 4.09. The minimum absolute atomic E-state index is 0.0000813. The Balaban J connectivity index is 2.67. The molecule has 1 aromatic heterocycles. The summed E-state index contributed by atoms with van der Waals surface area (Å²) in [5.41, 5.74) is 6.70. The van der Waals surface area contributed by atoms with E-state index in [1.54, 1.807) is 11.3 Å². The third-order valence-electron chi connectivity index (χ3n) is 3.10. The molecular formula is C14H25N3OS. The minimum atomic E-state index is -0.100. The summed E-state index contributed by atoms with van der Waals surface area (Å²) in [6, 6.07) is -0.0000813. The summed E-state index contributed by atoms with van der Waals surface area (Å²) in [6.45, 7) is 10.6. The Labute approximate surface area is 119 Å². The highest BCUT2D eigenvalue weighted by atomic mass is 32.1. The molecule has 0 saturated carbocycles. The topological polar surface area (TPSA) is 68.0 Å². The molecule has 1 aromatic rings. The van der Waals surface area contributed by atoms with Crippen LogP contribution in [-0.4, -0.2) is 17.4 Å². The molecular weight excluding hydrogens is 258 g/mol. The fourth-order valence-corrected chi connectivity index (χ4v) is 3.15. The van der Waals surface area contributed by atoms with Gasteiger partial charge >= 0.3 is 0 Å². The first kappa shape index (κ1) is 16.1. The zero-order valence-corrected chi connectivity index (χ0v) is 13.3. The lowest BCUT2D eigenvalue weighted by molar-refractivity contribution is -0.125. The fourth-order valence-electron chi connectivity index (χ4n) is 2.22. The Morgan fingerprint density at radius 2 is 2.00 bits per heavy atom. The van der Waals surface area contributed by atoms with Crippen molar-refractivity contribution in [2.24, 2.45) is 17.6 Å². The van der Waals surface area contributed by atoms with E-state index in [2.05, 4.69) is 24.1 Å². The number of nitrogens with one attached hydrogen (secondary N) is 1. The number of carbonyl (C=O) groups is 1. The average molecular weight is 283 g/mol. The second kappa shape index (κ2) is 7.01. The van der Waals surface area contributed by atoms with Gasteiger partial charge in [0, 0.05) is 11.4 Å². The van der Waals surface area contributed by atoms with Crippen LogP contribution >= 0.6 is 11.3 Å². The van der Waals surface area contributed by atoms with Gasteiger partial charge < -0.3 is 11.1 Å². The van der Waals surface area contributed by atoms with Crippen molar-refractivity contribution in [1.82, 2.24) is 10.3 Å². The van der Waals surface area contributed by atoms with Gasteiger partial charge in [0.05, 0.1) is 22.7 Å². The van der Waals surface area contributed by atoms with E-state index in [0.29, 0.717) is 12.5 Å². The van der Waals surface area contributed by atoms with Crippen LogP contribution < -0.4 is 11.1 Å². The summed E-state index contributed by atoms with van der Waals surface area (Å²) in [7, 11) is 0. The van der Waals surface area contributed by atoms with Crippen molar-refractivity contribution in [2.75, 3.05) is 6.54 Å². The Morgan fingerprint density at radius 1 is 1.37 bits per heavy atom. The monoisotopic (exact) mass is 283 g/mol. The number of nitrogens with zero attached hydrogens (tertiary/aromatic N) is 1. The van der Waals surface area contributed by atoms with Crippen LogP contribution in [0.25, 0.3) is 0 Å². The van der Waals surface area contributed by atoms with Crippen LogP contribution in [0.4, 0.5) is 0 Å². The van der Waals surface area contributed by atoms with Crippen molar-refractivity contribution >= 4 is 17.2 Å². The maximum absolute atomic E-state index is 12.2. The first-order chi connectivity index (χ1) is 8.85. The predicted molar refractivity (Wildman–Crippen MR) is 80.1 cm³/mol. The van der Waals surface area contributed by atoms with Gasteiger partial charge in [0.1, 0.15) is 0 Å². The van der Waals surface area contributed by atoms with Crippen molar-refractivity contribution in [1.29, 1.82) is 0 Å². The van der Waals surface area contributed by atoms with E-state index < -0.39 is 0 Å². The molecule has 0 fully saturated rings. The molecule has 2 atom stereocenters. The average Bonchev–Trinajstić information content (AvgIpc) is 2.64. The lowest BCUT2D eigenvalue weighted by Crippen LogP contribution is -2.37. The highest BCUT2D eigenvalue weighted by Gasteiger charge is 2.21. The molecule has 0 aliphatic carbocycles. The van der Waals surface area contributed by atoms with E-state index in [4.69, 9.17) is 5.73 Å². The van der Waals surface area contributed by atoms with Crippen molar-refractivity contribution in [3.8, 4) is 0 Å². The first-order valence-electron chi connectivity index (χ1n) is 6.79. The molecule has 2 unspecified atom stereocenters. The molecule has 0 spiro atoms. The van der Waals surface area contributed by atoms with Crippen molar-refractivity contribution < 1.29 is 4.79 Å². The second-order valence-electron chi connectivity index (χ2n) is 5.47. The lowest BCUT2D eigenvalue weighted by Gasteiger charge is -2.20. The van der Waals surface area contributed by atoms with E-state index in [0.717, 1.165) is 22.0 Å². The smallest absolute Gasteiger partial charge is 0.224 e. The van der Waals surface area contributed by atoms with Crippen molar-refractivity contribution in [2.45, 2.75) is 47.1 Å². The van der Waals surface area contributed by atoms with E-state index in [-0.39, 0.29) is 17.9 Å². The number of carbonyl (C=O) groups excluding carboxylic acids is 1. The van der Waals surface area contributed by atoms with Gasteiger partial charge in [-0.1, -0.05) is 13.8 Å². The second-order valence-corrected chi connectivity index (χ2v) is 6.71. The third-order valence-corrected chi connectivity index (χ3v) is 4.36. The number of aryl methyl sites for hydroxylation is 2. The largest absolute Gasteiger partial charge is 0.348 e. The molecule has 108 valence electrons. The minimum Gasteiger partial charge on any atom is -0.348 e. The molecule has 1 rings (SSSR count). The Morgan fingerprint density at radius 3 is 2.42 bits per heavy atom. The lowest BCUT2D eigenvalue weighted by atomic mass is 9.96. The SMILES string of the molecule is Cc1nc(C)c(C(C)NC(=O)C(CN)CC(C)C)s1.